The number of aryl methyl sites for hydroxylation is 2. The van der Waals surface area contributed by atoms with Crippen molar-refractivity contribution in [3.63, 3.8) is 0 Å². The third-order valence-electron chi connectivity index (χ3n) is 6.63. The quantitative estimate of drug-likeness (QED) is 0.451. The van der Waals surface area contributed by atoms with Crippen LogP contribution in [0, 0.1) is 13.8 Å². The molecule has 1 aromatic carbocycles. The number of ether oxygens (including phenoxy) is 1. The Bertz CT molecular complexity index is 1380. The third kappa shape index (κ3) is 5.24. The van der Waals surface area contributed by atoms with Gasteiger partial charge in [-0.05, 0) is 82.3 Å². The highest BCUT2D eigenvalue weighted by atomic mass is 16.6. The summed E-state index contributed by atoms with van der Waals surface area (Å²) in [6, 6.07) is 9.40. The van der Waals surface area contributed by atoms with Gasteiger partial charge in [0.2, 0.25) is 0 Å². The number of pyridine rings is 1. The van der Waals surface area contributed by atoms with Gasteiger partial charge in [0.1, 0.15) is 5.60 Å². The van der Waals surface area contributed by atoms with Gasteiger partial charge in [0.15, 0.2) is 5.78 Å². The van der Waals surface area contributed by atoms with Gasteiger partial charge in [0, 0.05) is 34.8 Å². The van der Waals surface area contributed by atoms with Gasteiger partial charge in [-0.25, -0.2) is 14.2 Å². The molecular weight excluding hydrogens is 470 g/mol. The molecule has 1 aliphatic heterocycles. The number of amides is 1. The smallest absolute Gasteiger partial charge is 0.416 e. The van der Waals surface area contributed by atoms with E-state index < -0.39 is 17.8 Å². The van der Waals surface area contributed by atoms with Crippen molar-refractivity contribution >= 4 is 28.9 Å². The summed E-state index contributed by atoms with van der Waals surface area (Å²) in [4.78, 5) is 44.0. The number of carbonyl (C=O) groups is 3. The number of Topliss-reactive ketones (excluding diaryl/α,β-unsaturated/α-hetero) is 1. The zero-order chi connectivity index (χ0) is 27.2. The summed E-state index contributed by atoms with van der Waals surface area (Å²) in [5.41, 5.74) is 4.77. The van der Waals surface area contributed by atoms with E-state index in [0.717, 1.165) is 33.5 Å². The molecule has 1 amide bonds. The minimum absolute atomic E-state index is 0.00832. The minimum atomic E-state index is -1.06. The molecule has 1 N–H and O–H groups in total. The van der Waals surface area contributed by atoms with Crippen molar-refractivity contribution in [3.8, 4) is 11.3 Å². The number of likely N-dealkylation sites (tertiary alicyclic amines) is 1. The molecule has 1 atom stereocenters. The first-order chi connectivity index (χ1) is 17.3. The zero-order valence-corrected chi connectivity index (χ0v) is 22.6. The topological polar surface area (TPSA) is 102 Å². The lowest BCUT2D eigenvalue weighted by atomic mass is 9.86. The van der Waals surface area contributed by atoms with Gasteiger partial charge in [-0.1, -0.05) is 19.9 Å². The van der Waals surface area contributed by atoms with Crippen molar-refractivity contribution in [1.82, 2.24) is 14.5 Å². The second-order valence-electron chi connectivity index (χ2n) is 11.2. The maximum Gasteiger partial charge on any atom is 0.416 e. The number of piperidine rings is 1. The molecule has 1 unspecified atom stereocenters. The Morgan fingerprint density at radius 1 is 1.11 bits per heavy atom. The fraction of sp³-hybridized carbons (Fsp3) is 0.448. The molecule has 0 saturated carbocycles. The number of carboxylic acid groups (broad SMARTS) is 1. The van der Waals surface area contributed by atoms with Gasteiger partial charge in [0.05, 0.1) is 17.8 Å². The Kier molecular flexibility index (Phi) is 6.88. The monoisotopic (exact) mass is 505 g/mol. The van der Waals surface area contributed by atoms with E-state index in [-0.39, 0.29) is 24.2 Å². The second kappa shape index (κ2) is 9.65. The number of hydrogen-bond donors (Lipinski definition) is 1. The fourth-order valence-electron chi connectivity index (χ4n) is 5.25. The standard InChI is InChI=1S/C29H35N3O5/c1-16(2)25-22-14-19(21-10-11-31(15-24(21)33)28(36)37-29(5,6)7)8-9-23(22)32(27(34)35)26(25)20-12-17(3)30-18(4)13-20/h8-9,12-14,16,21H,10-11,15H2,1-7H3,(H,34,35). The summed E-state index contributed by atoms with van der Waals surface area (Å²) in [5.74, 6) is -0.391. The van der Waals surface area contributed by atoms with Crippen molar-refractivity contribution in [3.05, 3.63) is 52.8 Å². The van der Waals surface area contributed by atoms with Crippen LogP contribution in [0.3, 0.4) is 0 Å². The van der Waals surface area contributed by atoms with Crippen molar-refractivity contribution < 1.29 is 24.2 Å². The highest BCUT2D eigenvalue weighted by Crippen LogP contribution is 2.40. The van der Waals surface area contributed by atoms with E-state index in [4.69, 9.17) is 4.74 Å². The summed E-state index contributed by atoms with van der Waals surface area (Å²) in [5, 5.41) is 11.0. The SMILES string of the molecule is Cc1cc(-c2c(C(C)C)c3cc(C4CCN(C(=O)OC(C)(C)C)CC4=O)ccc3n2C(=O)O)cc(C)n1. The molecule has 196 valence electrons. The molecule has 2 aromatic heterocycles. The van der Waals surface area contributed by atoms with E-state index in [1.54, 1.807) is 26.8 Å². The van der Waals surface area contributed by atoms with E-state index in [2.05, 4.69) is 4.98 Å². The molecule has 0 spiro atoms. The number of benzene rings is 1. The lowest BCUT2D eigenvalue weighted by Crippen LogP contribution is -2.45. The van der Waals surface area contributed by atoms with Gasteiger partial charge in [-0.2, -0.15) is 0 Å². The zero-order valence-electron chi connectivity index (χ0n) is 22.6. The Morgan fingerprint density at radius 3 is 2.30 bits per heavy atom. The van der Waals surface area contributed by atoms with Crippen molar-refractivity contribution in [2.45, 2.75) is 72.3 Å². The molecule has 1 aliphatic rings. The van der Waals surface area contributed by atoms with Crippen molar-refractivity contribution in [1.29, 1.82) is 0 Å². The number of aromatic nitrogens is 2. The molecule has 4 rings (SSSR count). The summed E-state index contributed by atoms with van der Waals surface area (Å²) in [6.45, 7) is 13.7. The van der Waals surface area contributed by atoms with E-state index in [9.17, 15) is 19.5 Å². The summed E-state index contributed by atoms with van der Waals surface area (Å²) in [7, 11) is 0. The normalized spacial score (nSPS) is 16.5. The van der Waals surface area contributed by atoms with Gasteiger partial charge in [-0.15, -0.1) is 0 Å². The van der Waals surface area contributed by atoms with E-state index in [0.29, 0.717) is 24.2 Å². The lowest BCUT2D eigenvalue weighted by molar-refractivity contribution is -0.123. The van der Waals surface area contributed by atoms with Crippen molar-refractivity contribution in [2.24, 2.45) is 0 Å². The molecule has 8 heteroatoms. The van der Waals surface area contributed by atoms with Crippen LogP contribution in [0.4, 0.5) is 9.59 Å². The van der Waals surface area contributed by atoms with Crippen LogP contribution in [0.1, 0.15) is 75.4 Å². The highest BCUT2D eigenvalue weighted by Gasteiger charge is 2.34. The predicted octanol–water partition coefficient (Wildman–Crippen LogP) is 6.26. The summed E-state index contributed by atoms with van der Waals surface area (Å²) >= 11 is 0. The van der Waals surface area contributed by atoms with Crippen LogP contribution >= 0.6 is 0 Å². The lowest BCUT2D eigenvalue weighted by Gasteiger charge is -2.32. The molecule has 1 fully saturated rings. The number of ketones is 1. The highest BCUT2D eigenvalue weighted by molar-refractivity contribution is 6.00. The molecule has 0 aliphatic carbocycles. The van der Waals surface area contributed by atoms with Gasteiger partial charge in [0.25, 0.3) is 0 Å². The van der Waals surface area contributed by atoms with Crippen molar-refractivity contribution in [2.75, 3.05) is 13.1 Å². The molecule has 0 radical (unpaired) electrons. The maximum absolute atomic E-state index is 13.2. The Hall–Kier alpha value is -3.68. The van der Waals surface area contributed by atoms with Gasteiger partial charge in [-0.3, -0.25) is 9.78 Å². The minimum Gasteiger partial charge on any atom is -0.464 e. The number of hydrogen-bond acceptors (Lipinski definition) is 5. The average molecular weight is 506 g/mol. The second-order valence-corrected chi connectivity index (χ2v) is 11.2. The molecule has 37 heavy (non-hydrogen) atoms. The van der Waals surface area contributed by atoms with Crippen LogP contribution in [0.15, 0.2) is 30.3 Å². The first-order valence-corrected chi connectivity index (χ1v) is 12.6. The van der Waals surface area contributed by atoms with Crippen LogP contribution < -0.4 is 0 Å². The Labute approximate surface area is 217 Å². The Morgan fingerprint density at radius 2 is 1.76 bits per heavy atom. The molecule has 1 saturated heterocycles. The fourth-order valence-corrected chi connectivity index (χ4v) is 5.25. The predicted molar refractivity (Wildman–Crippen MR) is 142 cm³/mol. The van der Waals surface area contributed by atoms with E-state index >= 15 is 0 Å². The molecule has 8 nitrogen and oxygen atoms in total. The molecular formula is C29H35N3O5. The third-order valence-corrected chi connectivity index (χ3v) is 6.63. The van der Waals surface area contributed by atoms with Gasteiger partial charge < -0.3 is 14.7 Å². The number of nitrogens with zero attached hydrogens (tertiary/aromatic N) is 3. The van der Waals surface area contributed by atoms with Crippen LogP contribution in [-0.2, 0) is 9.53 Å². The van der Waals surface area contributed by atoms with E-state index in [1.807, 2.05) is 52.0 Å². The first-order valence-electron chi connectivity index (χ1n) is 12.6. The van der Waals surface area contributed by atoms with Gasteiger partial charge >= 0.3 is 12.2 Å². The van der Waals surface area contributed by atoms with Crippen LogP contribution in [0.2, 0.25) is 0 Å². The summed E-state index contributed by atoms with van der Waals surface area (Å²) < 4.78 is 6.78. The van der Waals surface area contributed by atoms with E-state index in [1.165, 1.54) is 9.47 Å². The van der Waals surface area contributed by atoms with Crippen LogP contribution in [-0.4, -0.2) is 56.2 Å². The summed E-state index contributed by atoms with van der Waals surface area (Å²) in [6.07, 6.45) is -1.06. The van der Waals surface area contributed by atoms with Crippen LogP contribution in [0.5, 0.6) is 0 Å². The Balaban J connectivity index is 1.78. The molecule has 3 heterocycles. The maximum atomic E-state index is 13.2. The molecule has 0 bridgehead atoms. The number of fused-ring (bicyclic) bond motifs is 1. The molecule has 3 aromatic rings. The average Bonchev–Trinajstić information content (AvgIpc) is 3.12. The number of carbonyl (C=O) groups excluding carboxylic acids is 2. The first kappa shape index (κ1) is 26.4. The number of rotatable bonds is 3. The van der Waals surface area contributed by atoms with Crippen LogP contribution in [0.25, 0.3) is 22.2 Å². The largest absolute Gasteiger partial charge is 0.464 e.